The molecule has 106 valence electrons. The maximum absolute atomic E-state index is 11.6. The Morgan fingerprint density at radius 2 is 2.00 bits per heavy atom. The van der Waals surface area contributed by atoms with Gasteiger partial charge in [-0.1, -0.05) is 12.1 Å². The number of benzene rings is 1. The number of nitrogens with one attached hydrogen (secondary N) is 1. The number of hydrogen-bond donors (Lipinski definition) is 3. The highest BCUT2D eigenvalue weighted by atomic mass is 16.6. The highest BCUT2D eigenvalue weighted by Crippen LogP contribution is 2.15. The van der Waals surface area contributed by atoms with Crippen LogP contribution in [-0.2, 0) is 6.54 Å². The van der Waals surface area contributed by atoms with Gasteiger partial charge in [0.2, 0.25) is 0 Å². The van der Waals surface area contributed by atoms with Crippen molar-refractivity contribution in [2.24, 2.45) is 0 Å². The molecule has 2 heterocycles. The van der Waals surface area contributed by atoms with Gasteiger partial charge in [0, 0.05) is 6.20 Å². The number of nitrogens with zero attached hydrogens (tertiary/aromatic N) is 2. The summed E-state index contributed by atoms with van der Waals surface area (Å²) in [5, 5.41) is 22.2. The van der Waals surface area contributed by atoms with Crippen molar-refractivity contribution in [3.63, 3.8) is 0 Å². The van der Waals surface area contributed by atoms with Crippen molar-refractivity contribution in [1.82, 2.24) is 14.8 Å². The molecule has 0 unspecified atom stereocenters. The van der Waals surface area contributed by atoms with Crippen molar-refractivity contribution < 1.29 is 14.7 Å². The molecule has 0 saturated carbocycles. The maximum Gasteiger partial charge on any atom is 0.707 e. The molecule has 3 N–H and O–H groups in total. The molecule has 0 atom stereocenters. The Hall–Kier alpha value is -2.58. The van der Waals surface area contributed by atoms with Crippen molar-refractivity contribution in [2.45, 2.75) is 6.54 Å². The van der Waals surface area contributed by atoms with E-state index in [9.17, 15) is 4.79 Å². The summed E-state index contributed by atoms with van der Waals surface area (Å²) in [6.45, 7) is 0.495. The fraction of sp³-hybridized carbons (Fsp3) is 0.0769. The Bertz CT molecular complexity index is 810. The summed E-state index contributed by atoms with van der Waals surface area (Å²) in [7, 11) is -1.84. The van der Waals surface area contributed by atoms with E-state index in [0.29, 0.717) is 17.7 Å². The van der Waals surface area contributed by atoms with Gasteiger partial charge in [-0.25, -0.2) is 0 Å². The molecule has 0 aliphatic rings. The van der Waals surface area contributed by atoms with Gasteiger partial charge >= 0.3 is 7.32 Å². The lowest BCUT2D eigenvalue weighted by Gasteiger charge is -2.07. The minimum absolute atomic E-state index is 0.167. The van der Waals surface area contributed by atoms with Crippen molar-refractivity contribution in [3.8, 4) is 5.75 Å². The number of fused-ring (bicyclic) bond motifs is 1. The van der Waals surface area contributed by atoms with E-state index in [2.05, 4.69) is 10.1 Å². The smallest absolute Gasteiger partial charge is 0.512 e. The van der Waals surface area contributed by atoms with Crippen molar-refractivity contribution in [3.05, 3.63) is 58.6 Å². The normalized spacial score (nSPS) is 10.8. The lowest BCUT2D eigenvalue weighted by Crippen LogP contribution is -2.20. The van der Waals surface area contributed by atoms with E-state index in [-0.39, 0.29) is 5.56 Å². The van der Waals surface area contributed by atoms with Crippen LogP contribution >= 0.6 is 0 Å². The quantitative estimate of drug-likeness (QED) is 0.591. The number of H-pyrrole nitrogens is 1. The van der Waals surface area contributed by atoms with Gasteiger partial charge in [-0.3, -0.25) is 9.48 Å². The Kier molecular flexibility index (Phi) is 3.47. The van der Waals surface area contributed by atoms with Crippen molar-refractivity contribution in [1.29, 1.82) is 0 Å². The fourth-order valence-corrected chi connectivity index (χ4v) is 2.11. The third-order valence-electron chi connectivity index (χ3n) is 3.08. The van der Waals surface area contributed by atoms with Gasteiger partial charge in [0.05, 0.1) is 23.6 Å². The second kappa shape index (κ2) is 5.43. The standard InChI is InChI=1S/C13H12BN3O4/c18-13-11-7-16-17(12(11)5-6-15-13)8-9-1-3-10(4-2-9)21-14(19)20/h1-7,19-20H,8H2,(H,15,18). The summed E-state index contributed by atoms with van der Waals surface area (Å²) >= 11 is 0. The number of aromatic nitrogens is 3. The van der Waals surface area contributed by atoms with Crippen LogP contribution in [0.4, 0.5) is 0 Å². The van der Waals surface area contributed by atoms with E-state index in [1.54, 1.807) is 41.2 Å². The van der Waals surface area contributed by atoms with Gasteiger partial charge in [-0.15, -0.1) is 0 Å². The Morgan fingerprint density at radius 1 is 1.24 bits per heavy atom. The molecule has 7 nitrogen and oxygen atoms in total. The molecule has 0 amide bonds. The monoisotopic (exact) mass is 285 g/mol. The molecule has 1 aromatic carbocycles. The molecular weight excluding hydrogens is 273 g/mol. The van der Waals surface area contributed by atoms with Crippen LogP contribution < -0.4 is 10.2 Å². The van der Waals surface area contributed by atoms with Crippen LogP contribution in [0.15, 0.2) is 47.5 Å². The molecular formula is C13H12BN3O4. The van der Waals surface area contributed by atoms with Gasteiger partial charge < -0.3 is 19.7 Å². The molecule has 3 rings (SSSR count). The highest BCUT2D eigenvalue weighted by Gasteiger charge is 2.11. The molecule has 8 heteroatoms. The molecule has 21 heavy (non-hydrogen) atoms. The van der Waals surface area contributed by atoms with Gasteiger partial charge in [-0.2, -0.15) is 5.10 Å². The minimum atomic E-state index is -1.84. The molecule has 0 fully saturated rings. The lowest BCUT2D eigenvalue weighted by molar-refractivity contribution is 0.288. The van der Waals surface area contributed by atoms with E-state index < -0.39 is 7.32 Å². The summed E-state index contributed by atoms with van der Waals surface area (Å²) in [6.07, 6.45) is 3.12. The second-order valence-electron chi connectivity index (χ2n) is 4.50. The largest absolute Gasteiger partial charge is 0.707 e. The van der Waals surface area contributed by atoms with Crippen LogP contribution in [0.2, 0.25) is 0 Å². The van der Waals surface area contributed by atoms with Crippen LogP contribution in [0.1, 0.15) is 5.56 Å². The summed E-state index contributed by atoms with van der Waals surface area (Å²) in [5.74, 6) is 0.357. The van der Waals surface area contributed by atoms with E-state index >= 15 is 0 Å². The van der Waals surface area contributed by atoms with Crippen LogP contribution in [0.25, 0.3) is 10.9 Å². The molecule has 0 radical (unpaired) electrons. The van der Waals surface area contributed by atoms with Crippen LogP contribution in [0.3, 0.4) is 0 Å². The first kappa shape index (κ1) is 13.4. The number of rotatable bonds is 4. The number of pyridine rings is 1. The Labute approximate surface area is 119 Å². The summed E-state index contributed by atoms with van der Waals surface area (Å²) in [5.41, 5.74) is 1.53. The first-order valence-electron chi connectivity index (χ1n) is 6.28. The van der Waals surface area contributed by atoms with Crippen LogP contribution in [0.5, 0.6) is 5.75 Å². The average Bonchev–Trinajstić information content (AvgIpc) is 2.85. The summed E-state index contributed by atoms with van der Waals surface area (Å²) in [6, 6.07) is 8.64. The van der Waals surface area contributed by atoms with Crippen LogP contribution in [0, 0.1) is 0 Å². The van der Waals surface area contributed by atoms with Gasteiger partial charge in [-0.05, 0) is 23.8 Å². The van der Waals surface area contributed by atoms with E-state index in [1.165, 1.54) is 6.20 Å². The zero-order valence-electron chi connectivity index (χ0n) is 10.9. The maximum atomic E-state index is 11.6. The molecule has 0 saturated heterocycles. The van der Waals surface area contributed by atoms with Crippen molar-refractivity contribution >= 4 is 18.2 Å². The van der Waals surface area contributed by atoms with E-state index in [1.807, 2.05) is 0 Å². The van der Waals surface area contributed by atoms with E-state index in [4.69, 9.17) is 14.7 Å². The predicted molar refractivity (Wildman–Crippen MR) is 76.7 cm³/mol. The topological polar surface area (TPSA) is 100 Å². The molecule has 3 aromatic rings. The minimum Gasteiger partial charge on any atom is -0.512 e. The van der Waals surface area contributed by atoms with Crippen molar-refractivity contribution in [2.75, 3.05) is 0 Å². The van der Waals surface area contributed by atoms with E-state index in [0.717, 1.165) is 11.1 Å². The third-order valence-corrected chi connectivity index (χ3v) is 3.08. The third kappa shape index (κ3) is 2.81. The first-order chi connectivity index (χ1) is 10.1. The molecule has 0 bridgehead atoms. The Balaban J connectivity index is 1.85. The van der Waals surface area contributed by atoms with Crippen LogP contribution in [-0.4, -0.2) is 32.1 Å². The molecule has 0 aliphatic carbocycles. The number of aromatic amines is 1. The fourth-order valence-electron chi connectivity index (χ4n) is 2.11. The zero-order valence-corrected chi connectivity index (χ0v) is 10.9. The van der Waals surface area contributed by atoms with Gasteiger partial charge in [0.25, 0.3) is 5.56 Å². The SMILES string of the molecule is O=c1[nH]ccc2c1cnn2Cc1ccc(OB(O)O)cc1. The van der Waals surface area contributed by atoms with Gasteiger partial charge in [0.1, 0.15) is 5.75 Å². The summed E-state index contributed by atoms with van der Waals surface area (Å²) in [4.78, 5) is 14.2. The summed E-state index contributed by atoms with van der Waals surface area (Å²) < 4.78 is 6.46. The lowest BCUT2D eigenvalue weighted by atomic mass is 10.2. The second-order valence-corrected chi connectivity index (χ2v) is 4.50. The van der Waals surface area contributed by atoms with Gasteiger partial charge in [0.15, 0.2) is 0 Å². The number of hydrogen-bond acceptors (Lipinski definition) is 5. The Morgan fingerprint density at radius 3 is 2.71 bits per heavy atom. The average molecular weight is 285 g/mol. The highest BCUT2D eigenvalue weighted by molar-refractivity contribution is 6.33. The molecule has 0 spiro atoms. The molecule has 2 aromatic heterocycles. The zero-order chi connectivity index (χ0) is 14.8. The first-order valence-corrected chi connectivity index (χ1v) is 6.28. The molecule has 0 aliphatic heterocycles. The predicted octanol–water partition coefficient (Wildman–Crippen LogP) is 0.121.